The van der Waals surface area contributed by atoms with Gasteiger partial charge in [-0.1, -0.05) is 11.6 Å². The number of aromatic nitrogens is 2. The second-order valence-electron chi connectivity index (χ2n) is 4.63. The summed E-state index contributed by atoms with van der Waals surface area (Å²) < 4.78 is 6.62. The number of aliphatic hydroxyl groups is 1. The summed E-state index contributed by atoms with van der Waals surface area (Å²) in [6.07, 6.45) is 2.73. The molecule has 1 aromatic heterocycles. The van der Waals surface area contributed by atoms with Crippen molar-refractivity contribution in [3.8, 4) is 0 Å². The highest BCUT2D eigenvalue weighted by Crippen LogP contribution is 2.22. The van der Waals surface area contributed by atoms with Crippen molar-refractivity contribution in [3.05, 3.63) is 21.6 Å². The van der Waals surface area contributed by atoms with E-state index in [1.165, 1.54) is 6.20 Å². The molecule has 106 valence electrons. The number of halogens is 1. The van der Waals surface area contributed by atoms with Crippen LogP contribution in [0.15, 0.2) is 11.0 Å². The maximum atomic E-state index is 11.8. The first kappa shape index (κ1) is 14.3. The Hall–Kier alpha value is -1.11. The van der Waals surface area contributed by atoms with Crippen LogP contribution in [0.25, 0.3) is 0 Å². The van der Waals surface area contributed by atoms with E-state index in [2.05, 4.69) is 10.4 Å². The Morgan fingerprint density at radius 2 is 2.47 bits per heavy atom. The van der Waals surface area contributed by atoms with Crippen molar-refractivity contribution in [2.24, 2.45) is 5.92 Å². The second-order valence-corrected chi connectivity index (χ2v) is 5.01. The third kappa shape index (κ3) is 3.26. The average molecular weight is 288 g/mol. The molecule has 0 saturated carbocycles. The first-order chi connectivity index (χ1) is 9.13. The smallest absolute Gasteiger partial charge is 0.287 e. The van der Waals surface area contributed by atoms with Gasteiger partial charge in [0.1, 0.15) is 5.02 Å². The highest BCUT2D eigenvalue weighted by atomic mass is 35.5. The molecule has 2 atom stereocenters. The van der Waals surface area contributed by atoms with E-state index in [0.29, 0.717) is 18.2 Å². The highest BCUT2D eigenvalue weighted by Gasteiger charge is 2.24. The second kappa shape index (κ2) is 6.36. The Kier molecular flexibility index (Phi) is 4.79. The van der Waals surface area contributed by atoms with Gasteiger partial charge in [0.05, 0.1) is 31.1 Å². The average Bonchev–Trinajstić information content (AvgIpc) is 2.80. The quantitative estimate of drug-likeness (QED) is 0.835. The molecule has 0 aliphatic carbocycles. The van der Waals surface area contributed by atoms with Crippen LogP contribution in [0.3, 0.4) is 0 Å². The standard InChI is InChI=1S/C12H18ClN3O3/c1-8-9(2-5-19-8)6-14-10-7-15-16(3-4-17)12(18)11(10)13/h7-9,14,17H,2-6H2,1H3. The van der Waals surface area contributed by atoms with Crippen molar-refractivity contribution in [3.63, 3.8) is 0 Å². The van der Waals surface area contributed by atoms with Gasteiger partial charge >= 0.3 is 0 Å². The number of hydrogen-bond donors (Lipinski definition) is 2. The van der Waals surface area contributed by atoms with Crippen LogP contribution in [0.1, 0.15) is 13.3 Å². The Balaban J connectivity index is 2.04. The molecule has 1 aliphatic heterocycles. The number of anilines is 1. The fraction of sp³-hybridized carbons (Fsp3) is 0.667. The van der Waals surface area contributed by atoms with Crippen molar-refractivity contribution < 1.29 is 9.84 Å². The molecule has 19 heavy (non-hydrogen) atoms. The van der Waals surface area contributed by atoms with E-state index in [-0.39, 0.29) is 24.3 Å². The predicted molar refractivity (Wildman–Crippen MR) is 72.6 cm³/mol. The Morgan fingerprint density at radius 1 is 1.68 bits per heavy atom. The molecule has 2 unspecified atom stereocenters. The number of hydrogen-bond acceptors (Lipinski definition) is 5. The normalized spacial score (nSPS) is 22.7. The molecule has 0 aromatic carbocycles. The number of ether oxygens (including phenoxy) is 1. The summed E-state index contributed by atoms with van der Waals surface area (Å²) in [7, 11) is 0. The zero-order chi connectivity index (χ0) is 13.8. The van der Waals surface area contributed by atoms with E-state index in [1.807, 2.05) is 6.92 Å². The van der Waals surface area contributed by atoms with Gasteiger partial charge in [-0.3, -0.25) is 4.79 Å². The monoisotopic (exact) mass is 287 g/mol. The fourth-order valence-electron chi connectivity index (χ4n) is 2.13. The molecule has 1 aliphatic rings. The Bertz CT molecular complexity index is 492. The largest absolute Gasteiger partial charge is 0.394 e. The Labute approximate surface area is 116 Å². The molecule has 0 radical (unpaired) electrons. The molecule has 2 heterocycles. The van der Waals surface area contributed by atoms with E-state index in [0.717, 1.165) is 17.7 Å². The van der Waals surface area contributed by atoms with Gasteiger partial charge in [-0.15, -0.1) is 0 Å². The minimum absolute atomic E-state index is 0.106. The van der Waals surface area contributed by atoms with Gasteiger partial charge in [-0.25, -0.2) is 4.68 Å². The van der Waals surface area contributed by atoms with Crippen LogP contribution in [0, 0.1) is 5.92 Å². The van der Waals surface area contributed by atoms with E-state index < -0.39 is 5.56 Å². The summed E-state index contributed by atoms with van der Waals surface area (Å²) >= 11 is 6.01. The fourth-order valence-corrected chi connectivity index (χ4v) is 2.34. The Morgan fingerprint density at radius 3 is 3.11 bits per heavy atom. The van der Waals surface area contributed by atoms with Crippen molar-refractivity contribution >= 4 is 17.3 Å². The van der Waals surface area contributed by atoms with Gasteiger partial charge in [0, 0.05) is 19.1 Å². The summed E-state index contributed by atoms with van der Waals surface area (Å²) in [5.41, 5.74) is 0.136. The van der Waals surface area contributed by atoms with Gasteiger partial charge in [0.2, 0.25) is 0 Å². The minimum atomic E-state index is -0.392. The summed E-state index contributed by atoms with van der Waals surface area (Å²) in [5, 5.41) is 16.0. The zero-order valence-electron chi connectivity index (χ0n) is 10.8. The summed E-state index contributed by atoms with van der Waals surface area (Å²) in [6, 6.07) is 0. The molecule has 2 N–H and O–H groups in total. The SMILES string of the molecule is CC1OCCC1CNc1cnn(CCO)c(=O)c1Cl. The lowest BCUT2D eigenvalue weighted by Crippen LogP contribution is -2.27. The van der Waals surface area contributed by atoms with Gasteiger partial charge in [0.25, 0.3) is 5.56 Å². The maximum Gasteiger partial charge on any atom is 0.287 e. The minimum Gasteiger partial charge on any atom is -0.394 e. The molecule has 1 saturated heterocycles. The molecule has 1 fully saturated rings. The molecule has 0 spiro atoms. The first-order valence-corrected chi connectivity index (χ1v) is 6.73. The first-order valence-electron chi connectivity index (χ1n) is 6.35. The zero-order valence-corrected chi connectivity index (χ0v) is 11.6. The lowest BCUT2D eigenvalue weighted by atomic mass is 10.0. The maximum absolute atomic E-state index is 11.8. The van der Waals surface area contributed by atoms with Gasteiger partial charge in [-0.2, -0.15) is 5.10 Å². The summed E-state index contributed by atoms with van der Waals surface area (Å²) in [6.45, 7) is 3.52. The van der Waals surface area contributed by atoms with Crippen molar-refractivity contribution in [1.29, 1.82) is 0 Å². The molecule has 0 amide bonds. The van der Waals surface area contributed by atoms with Gasteiger partial charge < -0.3 is 15.2 Å². The molecule has 6 nitrogen and oxygen atoms in total. The van der Waals surface area contributed by atoms with Crippen molar-refractivity contribution in [2.45, 2.75) is 26.0 Å². The molecule has 7 heteroatoms. The van der Waals surface area contributed by atoms with Crippen LogP contribution in [-0.2, 0) is 11.3 Å². The predicted octanol–water partition coefficient (Wildman–Crippen LogP) is 0.726. The van der Waals surface area contributed by atoms with Crippen LogP contribution in [0.4, 0.5) is 5.69 Å². The topological polar surface area (TPSA) is 76.4 Å². The number of aliphatic hydroxyl groups excluding tert-OH is 1. The van der Waals surface area contributed by atoms with E-state index in [1.54, 1.807) is 0 Å². The van der Waals surface area contributed by atoms with Crippen LogP contribution in [0.5, 0.6) is 0 Å². The number of nitrogens with zero attached hydrogens (tertiary/aromatic N) is 2. The van der Waals surface area contributed by atoms with Crippen LogP contribution < -0.4 is 10.9 Å². The molecule has 2 rings (SSSR count). The van der Waals surface area contributed by atoms with E-state index >= 15 is 0 Å². The van der Waals surface area contributed by atoms with Gasteiger partial charge in [0.15, 0.2) is 0 Å². The summed E-state index contributed by atoms with van der Waals surface area (Å²) in [4.78, 5) is 11.8. The highest BCUT2D eigenvalue weighted by molar-refractivity contribution is 6.32. The third-order valence-electron chi connectivity index (χ3n) is 3.38. The van der Waals surface area contributed by atoms with Crippen LogP contribution in [-0.4, -0.2) is 40.7 Å². The summed E-state index contributed by atoms with van der Waals surface area (Å²) in [5.74, 6) is 0.413. The molecule has 0 bridgehead atoms. The van der Waals surface area contributed by atoms with Crippen LogP contribution >= 0.6 is 11.6 Å². The molecular weight excluding hydrogens is 270 g/mol. The van der Waals surface area contributed by atoms with Gasteiger partial charge in [-0.05, 0) is 13.3 Å². The lowest BCUT2D eigenvalue weighted by Gasteiger charge is -2.16. The van der Waals surface area contributed by atoms with Crippen LogP contribution in [0.2, 0.25) is 5.02 Å². The van der Waals surface area contributed by atoms with Crippen molar-refractivity contribution in [1.82, 2.24) is 9.78 Å². The number of nitrogens with one attached hydrogen (secondary N) is 1. The van der Waals surface area contributed by atoms with E-state index in [4.69, 9.17) is 21.4 Å². The van der Waals surface area contributed by atoms with E-state index in [9.17, 15) is 4.79 Å². The lowest BCUT2D eigenvalue weighted by molar-refractivity contribution is 0.108. The third-order valence-corrected chi connectivity index (χ3v) is 3.75. The molecule has 1 aromatic rings. The number of rotatable bonds is 5. The molecular formula is C12H18ClN3O3. The van der Waals surface area contributed by atoms with Crippen molar-refractivity contribution in [2.75, 3.05) is 25.1 Å².